The highest BCUT2D eigenvalue weighted by molar-refractivity contribution is 8.22. The van der Waals surface area contributed by atoms with Crippen molar-refractivity contribution in [2.24, 2.45) is 0 Å². The van der Waals surface area contributed by atoms with Crippen molar-refractivity contribution in [3.05, 3.63) is 94.3 Å². The van der Waals surface area contributed by atoms with E-state index < -0.39 is 11.8 Å². The molecule has 0 radical (unpaired) electrons. The highest BCUT2D eigenvalue weighted by Crippen LogP contribution is 2.26. The van der Waals surface area contributed by atoms with Crippen LogP contribution >= 0.6 is 35.6 Å². The Bertz CT molecular complexity index is 1270. The molecule has 0 unspecified atom stereocenters. The van der Waals surface area contributed by atoms with E-state index >= 15 is 0 Å². The van der Waals surface area contributed by atoms with Gasteiger partial charge in [0.25, 0.3) is 11.8 Å². The number of rotatable bonds is 8. The number of hydrogen-bond donors (Lipinski definition) is 2. The van der Waals surface area contributed by atoms with Crippen LogP contribution in [0, 0.1) is 0 Å². The van der Waals surface area contributed by atoms with Crippen LogP contribution in [0.4, 0.5) is 0 Å². The molecule has 0 aliphatic carbocycles. The van der Waals surface area contributed by atoms with E-state index in [1.165, 1.54) is 17.8 Å². The molecule has 1 fully saturated rings. The Morgan fingerprint density at radius 2 is 1.76 bits per heavy atom. The number of hydrogen-bond acceptors (Lipinski definition) is 6. The van der Waals surface area contributed by atoms with E-state index in [0.29, 0.717) is 51.9 Å². The zero-order valence-corrected chi connectivity index (χ0v) is 22.3. The summed E-state index contributed by atoms with van der Waals surface area (Å²) in [6, 6.07) is 19.7. The summed E-state index contributed by atoms with van der Waals surface area (Å²) in [5.41, 5.74) is 1.42. The van der Waals surface area contributed by atoms with Crippen LogP contribution < -0.4 is 10.6 Å². The van der Waals surface area contributed by atoms with Gasteiger partial charge in [-0.1, -0.05) is 60.2 Å². The maximum absolute atomic E-state index is 13.1. The summed E-state index contributed by atoms with van der Waals surface area (Å²) in [6.07, 6.45) is 2.05. The summed E-state index contributed by atoms with van der Waals surface area (Å²) < 4.78 is 12.0. The molecule has 0 atom stereocenters. The molecule has 1 aliphatic rings. The summed E-state index contributed by atoms with van der Waals surface area (Å²) in [4.78, 5) is 27.9. The highest BCUT2D eigenvalue weighted by Gasteiger charge is 2.18. The number of furan rings is 1. The lowest BCUT2D eigenvalue weighted by Gasteiger charge is -2.28. The maximum atomic E-state index is 13.1. The monoisotopic (exact) mass is 555 g/mol. The number of nitrogens with zero attached hydrogens (tertiary/aromatic N) is 1. The van der Waals surface area contributed by atoms with Crippen molar-refractivity contribution in [1.82, 2.24) is 15.5 Å². The van der Waals surface area contributed by atoms with Gasteiger partial charge in [0, 0.05) is 36.3 Å². The summed E-state index contributed by atoms with van der Waals surface area (Å²) in [6.45, 7) is 3.10. The summed E-state index contributed by atoms with van der Waals surface area (Å²) in [5.74, 6) is -0.426. The number of halogens is 1. The molecule has 1 aromatic heterocycles. The summed E-state index contributed by atoms with van der Waals surface area (Å²) in [7, 11) is 0. The number of nitrogens with one attached hydrogen (secondary N) is 2. The van der Waals surface area contributed by atoms with Gasteiger partial charge in [-0.15, -0.1) is 0 Å². The Labute approximate surface area is 230 Å². The molecule has 3 aromatic rings. The number of morpholine rings is 1. The second-order valence-corrected chi connectivity index (χ2v) is 10.1. The Morgan fingerprint density at radius 3 is 2.51 bits per heavy atom. The van der Waals surface area contributed by atoms with Gasteiger partial charge in [-0.3, -0.25) is 9.59 Å². The van der Waals surface area contributed by atoms with Gasteiger partial charge in [-0.05, 0) is 54.1 Å². The van der Waals surface area contributed by atoms with Gasteiger partial charge < -0.3 is 24.7 Å². The molecule has 2 amide bonds. The minimum Gasteiger partial charge on any atom is -0.450 e. The number of carbonyl (C=O) groups excluding carboxylic acids is 2. The molecule has 192 valence electrons. The van der Waals surface area contributed by atoms with Crippen LogP contribution in [0.25, 0.3) is 6.08 Å². The first-order valence-corrected chi connectivity index (χ1v) is 13.3. The van der Waals surface area contributed by atoms with Crippen molar-refractivity contribution in [1.29, 1.82) is 0 Å². The Balaban J connectivity index is 1.46. The van der Waals surface area contributed by atoms with Crippen molar-refractivity contribution in [2.45, 2.75) is 11.5 Å². The van der Waals surface area contributed by atoms with E-state index in [0.717, 1.165) is 18.7 Å². The number of amides is 2. The van der Waals surface area contributed by atoms with Crippen LogP contribution in [-0.4, -0.2) is 53.9 Å². The third-order valence-electron chi connectivity index (χ3n) is 5.51. The summed E-state index contributed by atoms with van der Waals surface area (Å²) in [5, 5.41) is 6.80. The molecule has 10 heteroatoms. The predicted octanol–water partition coefficient (Wildman–Crippen LogP) is 4.77. The fourth-order valence-corrected chi connectivity index (χ4v) is 4.97. The van der Waals surface area contributed by atoms with Crippen molar-refractivity contribution in [3.63, 3.8) is 0 Å². The van der Waals surface area contributed by atoms with Crippen LogP contribution in [0.15, 0.2) is 81.9 Å². The lowest BCUT2D eigenvalue weighted by atomic mass is 10.1. The van der Waals surface area contributed by atoms with E-state index in [-0.39, 0.29) is 5.70 Å². The average molecular weight is 556 g/mol. The molecule has 0 bridgehead atoms. The SMILES string of the molecule is O=C(NCCc1ccccc1Cl)C(=Cc1ccc(SC(=S)N2CCOCC2)o1)NC(=O)c1ccccc1. The van der Waals surface area contributed by atoms with Crippen LogP contribution in [0.1, 0.15) is 21.7 Å². The van der Waals surface area contributed by atoms with Gasteiger partial charge >= 0.3 is 0 Å². The Morgan fingerprint density at radius 1 is 1.03 bits per heavy atom. The number of ether oxygens (including phenoxy) is 1. The lowest BCUT2D eigenvalue weighted by Crippen LogP contribution is -2.38. The van der Waals surface area contributed by atoms with Crippen LogP contribution in [-0.2, 0) is 16.0 Å². The van der Waals surface area contributed by atoms with E-state index in [1.807, 2.05) is 24.3 Å². The Kier molecular flexibility index (Phi) is 9.78. The van der Waals surface area contributed by atoms with Gasteiger partial charge in [-0.2, -0.15) is 0 Å². The minimum atomic E-state index is -0.439. The van der Waals surface area contributed by atoms with Crippen LogP contribution in [0.3, 0.4) is 0 Å². The quantitative estimate of drug-likeness (QED) is 0.235. The molecular formula is C27H26ClN3O4S2. The van der Waals surface area contributed by atoms with Gasteiger partial charge in [-0.25, -0.2) is 0 Å². The number of carbonyl (C=O) groups is 2. The predicted molar refractivity (Wildman–Crippen MR) is 150 cm³/mol. The largest absolute Gasteiger partial charge is 0.450 e. The Hall–Kier alpha value is -3.11. The zero-order chi connectivity index (χ0) is 26.0. The van der Waals surface area contributed by atoms with Gasteiger partial charge in [0.15, 0.2) is 5.09 Å². The molecule has 7 nitrogen and oxygen atoms in total. The molecule has 37 heavy (non-hydrogen) atoms. The molecule has 0 saturated carbocycles. The van der Waals surface area contributed by atoms with E-state index in [4.69, 9.17) is 33.0 Å². The molecule has 0 spiro atoms. The lowest BCUT2D eigenvalue weighted by molar-refractivity contribution is -0.117. The first-order chi connectivity index (χ1) is 18.0. The molecule has 4 rings (SSSR count). The van der Waals surface area contributed by atoms with Crippen LogP contribution in [0.5, 0.6) is 0 Å². The molecule has 1 saturated heterocycles. The van der Waals surface area contributed by atoms with E-state index in [9.17, 15) is 9.59 Å². The van der Waals surface area contributed by atoms with Crippen LogP contribution in [0.2, 0.25) is 5.02 Å². The molecule has 2 aromatic carbocycles. The van der Waals surface area contributed by atoms with Gasteiger partial charge in [0.05, 0.1) is 13.2 Å². The smallest absolute Gasteiger partial charge is 0.267 e. The second kappa shape index (κ2) is 13.4. The minimum absolute atomic E-state index is 0.0645. The van der Waals surface area contributed by atoms with E-state index in [2.05, 4.69) is 15.5 Å². The fraction of sp³-hybridized carbons (Fsp3) is 0.222. The normalized spacial score (nSPS) is 13.8. The molecule has 2 heterocycles. The fourth-order valence-electron chi connectivity index (χ4n) is 3.56. The number of benzene rings is 2. The molecule has 2 N–H and O–H groups in total. The van der Waals surface area contributed by atoms with Crippen molar-refractivity contribution in [2.75, 3.05) is 32.8 Å². The number of thioether (sulfide) groups is 1. The van der Waals surface area contributed by atoms with Gasteiger partial charge in [0.2, 0.25) is 0 Å². The average Bonchev–Trinajstić information content (AvgIpc) is 3.36. The standard InChI is InChI=1S/C27H26ClN3O4S2/c28-22-9-5-4-6-19(22)12-13-29-26(33)23(30-25(32)20-7-2-1-3-8-20)18-21-10-11-24(35-21)37-27(36)31-14-16-34-17-15-31/h1-11,18H,12-17H2,(H,29,33)(H,30,32). The van der Waals surface area contributed by atoms with Crippen molar-refractivity contribution < 1.29 is 18.7 Å². The number of thiocarbonyl (C=S) groups is 1. The highest BCUT2D eigenvalue weighted by atomic mass is 35.5. The zero-order valence-electron chi connectivity index (χ0n) is 19.9. The third-order valence-corrected chi connectivity index (χ3v) is 7.24. The first-order valence-electron chi connectivity index (χ1n) is 11.7. The van der Waals surface area contributed by atoms with Gasteiger partial charge in [0.1, 0.15) is 15.8 Å². The topological polar surface area (TPSA) is 83.8 Å². The molecule has 1 aliphatic heterocycles. The molecular weight excluding hydrogens is 530 g/mol. The van der Waals surface area contributed by atoms with Crippen molar-refractivity contribution in [3.8, 4) is 0 Å². The maximum Gasteiger partial charge on any atom is 0.267 e. The van der Waals surface area contributed by atoms with Crippen molar-refractivity contribution >= 4 is 57.8 Å². The van der Waals surface area contributed by atoms with E-state index in [1.54, 1.807) is 42.5 Å². The second-order valence-electron chi connectivity index (χ2n) is 8.10. The third kappa shape index (κ3) is 7.93. The summed E-state index contributed by atoms with van der Waals surface area (Å²) >= 11 is 13.1. The first kappa shape index (κ1) is 26.9.